The molecule has 3 unspecified atom stereocenters. The zero-order chi connectivity index (χ0) is 15.0. The lowest BCUT2D eigenvalue weighted by molar-refractivity contribution is 0.320. The average molecular weight is 301 g/mol. The van der Waals surface area contributed by atoms with Crippen molar-refractivity contribution >= 4 is 7.37 Å². The normalized spacial score (nSPS) is 27.9. The van der Waals surface area contributed by atoms with E-state index in [4.69, 9.17) is 10.3 Å². The van der Waals surface area contributed by atoms with Crippen LogP contribution in [0.2, 0.25) is 0 Å². The van der Waals surface area contributed by atoms with Gasteiger partial charge in [-0.2, -0.15) is 0 Å². The Morgan fingerprint density at radius 1 is 1.55 bits per heavy atom. The van der Waals surface area contributed by atoms with Gasteiger partial charge in [0.15, 0.2) is 0 Å². The molecule has 0 aliphatic heterocycles. The van der Waals surface area contributed by atoms with Crippen molar-refractivity contribution in [3.8, 4) is 0 Å². The van der Waals surface area contributed by atoms with Gasteiger partial charge in [0.25, 0.3) is 0 Å². The van der Waals surface area contributed by atoms with Crippen molar-refractivity contribution in [2.75, 3.05) is 6.61 Å². The van der Waals surface area contributed by atoms with Gasteiger partial charge >= 0.3 is 0 Å². The van der Waals surface area contributed by atoms with E-state index in [0.29, 0.717) is 6.42 Å². The van der Waals surface area contributed by atoms with Crippen LogP contribution in [0.25, 0.3) is 0 Å². The van der Waals surface area contributed by atoms with Gasteiger partial charge < -0.3 is 10.3 Å². The molecule has 3 nitrogen and oxygen atoms in total. The summed E-state index contributed by atoms with van der Waals surface area (Å²) in [4.78, 5) is 0. The number of benzene rings is 1. The minimum Gasteiger partial charge on any atom is -0.327 e. The summed E-state index contributed by atoms with van der Waals surface area (Å²) in [5.41, 5.74) is 5.88. The zero-order valence-corrected chi connectivity index (χ0v) is 12.2. The van der Waals surface area contributed by atoms with E-state index < -0.39 is 24.3 Å². The summed E-state index contributed by atoms with van der Waals surface area (Å²) in [5.74, 6) is -1.61. The fourth-order valence-electron chi connectivity index (χ4n) is 2.39. The molecule has 6 heteroatoms. The van der Waals surface area contributed by atoms with E-state index in [2.05, 4.69) is 6.58 Å². The smallest absolute Gasteiger partial charge is 0.227 e. The summed E-state index contributed by atoms with van der Waals surface area (Å²) < 4.78 is 45.8. The maximum atomic E-state index is 13.7. The second-order valence-corrected chi connectivity index (χ2v) is 7.74. The van der Waals surface area contributed by atoms with Gasteiger partial charge in [-0.3, -0.25) is 4.57 Å². The topological polar surface area (TPSA) is 52.3 Å². The summed E-state index contributed by atoms with van der Waals surface area (Å²) in [6.07, 6.45) is 1.74. The first-order valence-corrected chi connectivity index (χ1v) is 8.27. The summed E-state index contributed by atoms with van der Waals surface area (Å²) in [7, 11) is -3.41. The molecular weight excluding hydrogens is 283 g/mol. The third kappa shape index (κ3) is 2.46. The molecule has 0 amide bonds. The molecule has 0 bridgehead atoms. The van der Waals surface area contributed by atoms with Crippen LogP contribution in [0.1, 0.15) is 18.9 Å². The third-order valence-electron chi connectivity index (χ3n) is 3.71. The largest absolute Gasteiger partial charge is 0.327 e. The molecule has 3 atom stereocenters. The Hall–Kier alpha value is -1.03. The fraction of sp³-hybridized carbons (Fsp3) is 0.429. The second kappa shape index (κ2) is 5.40. The predicted octanol–water partition coefficient (Wildman–Crippen LogP) is 3.64. The minimum absolute atomic E-state index is 0.144. The molecule has 0 spiro atoms. The van der Waals surface area contributed by atoms with Crippen molar-refractivity contribution in [1.29, 1.82) is 0 Å². The van der Waals surface area contributed by atoms with Gasteiger partial charge in [0, 0.05) is 11.5 Å². The lowest BCUT2D eigenvalue weighted by Crippen LogP contribution is -2.27. The number of hydrogen-bond acceptors (Lipinski definition) is 3. The van der Waals surface area contributed by atoms with Crippen molar-refractivity contribution in [2.45, 2.75) is 24.8 Å². The van der Waals surface area contributed by atoms with Crippen LogP contribution in [0, 0.1) is 17.6 Å². The number of rotatable bonds is 6. The molecule has 0 radical (unpaired) electrons. The molecule has 0 aromatic heterocycles. The molecule has 1 fully saturated rings. The Kier molecular flexibility index (Phi) is 4.14. The van der Waals surface area contributed by atoms with Gasteiger partial charge in [-0.15, -0.1) is 6.58 Å². The molecule has 1 aliphatic rings. The molecule has 2 N–H and O–H groups in total. The highest BCUT2D eigenvalue weighted by atomic mass is 31.2. The first kappa shape index (κ1) is 15.4. The molecule has 0 heterocycles. The Morgan fingerprint density at radius 3 is 2.60 bits per heavy atom. The fourth-order valence-corrected chi connectivity index (χ4v) is 5.23. The molecule has 1 aromatic carbocycles. The van der Waals surface area contributed by atoms with Crippen LogP contribution in [-0.4, -0.2) is 11.9 Å². The monoisotopic (exact) mass is 301 g/mol. The molecule has 1 aliphatic carbocycles. The summed E-state index contributed by atoms with van der Waals surface area (Å²) in [5, 5.41) is -1.06. The Bertz CT molecular complexity index is 558. The summed E-state index contributed by atoms with van der Waals surface area (Å²) in [6, 6.07) is 3.53. The van der Waals surface area contributed by atoms with Crippen LogP contribution in [0.5, 0.6) is 0 Å². The van der Waals surface area contributed by atoms with Crippen LogP contribution < -0.4 is 5.73 Å². The first-order valence-electron chi connectivity index (χ1n) is 6.46. The SMILES string of the molecule is C=CC1CC1(N)P(=O)(Cc1c(F)cccc1F)OCC. The summed E-state index contributed by atoms with van der Waals surface area (Å²) in [6.45, 7) is 5.49. The quantitative estimate of drug-likeness (QED) is 0.644. The van der Waals surface area contributed by atoms with E-state index in [1.165, 1.54) is 6.07 Å². The first-order chi connectivity index (χ1) is 9.38. The van der Waals surface area contributed by atoms with Crippen molar-refractivity contribution in [2.24, 2.45) is 11.7 Å². The Balaban J connectivity index is 2.36. The number of halogens is 2. The predicted molar refractivity (Wildman–Crippen MR) is 74.5 cm³/mol. The van der Waals surface area contributed by atoms with Crippen molar-refractivity contribution in [1.82, 2.24) is 0 Å². The molecule has 1 saturated carbocycles. The second-order valence-electron chi connectivity index (χ2n) is 4.99. The number of nitrogens with two attached hydrogens (primary N) is 1. The van der Waals surface area contributed by atoms with Crippen molar-refractivity contribution < 1.29 is 17.9 Å². The van der Waals surface area contributed by atoms with E-state index in [9.17, 15) is 13.3 Å². The van der Waals surface area contributed by atoms with E-state index in [-0.39, 0.29) is 24.3 Å². The molecular formula is C14H18F2NO2P. The summed E-state index contributed by atoms with van der Waals surface area (Å²) >= 11 is 0. The third-order valence-corrected chi connectivity index (χ3v) is 6.90. The van der Waals surface area contributed by atoms with Crippen molar-refractivity contribution in [3.05, 3.63) is 48.1 Å². The van der Waals surface area contributed by atoms with Gasteiger partial charge in [0.05, 0.1) is 12.8 Å². The van der Waals surface area contributed by atoms with Crippen molar-refractivity contribution in [3.63, 3.8) is 0 Å². The molecule has 0 saturated heterocycles. The van der Waals surface area contributed by atoms with E-state index in [1.807, 2.05) is 0 Å². The lowest BCUT2D eigenvalue weighted by Gasteiger charge is -2.25. The maximum absolute atomic E-state index is 13.7. The zero-order valence-electron chi connectivity index (χ0n) is 11.3. The standard InChI is InChI=1S/C14H18F2NO2P/c1-3-10-8-14(10,17)20(18,19-4-2)9-11-12(15)6-5-7-13(11)16/h3,5-7,10H,1,4,8-9,17H2,2H3. The maximum Gasteiger partial charge on any atom is 0.227 e. The molecule has 110 valence electrons. The minimum atomic E-state index is -3.41. The highest BCUT2D eigenvalue weighted by Crippen LogP contribution is 2.72. The Labute approximate surface area is 117 Å². The molecule has 20 heavy (non-hydrogen) atoms. The van der Waals surface area contributed by atoms with Gasteiger partial charge in [-0.05, 0) is 25.5 Å². The van der Waals surface area contributed by atoms with Gasteiger partial charge in [-0.1, -0.05) is 12.1 Å². The van der Waals surface area contributed by atoms with Gasteiger partial charge in [-0.25, -0.2) is 8.78 Å². The van der Waals surface area contributed by atoms with E-state index in [0.717, 1.165) is 12.1 Å². The Morgan fingerprint density at radius 2 is 2.15 bits per heavy atom. The highest BCUT2D eigenvalue weighted by molar-refractivity contribution is 7.60. The van der Waals surface area contributed by atoms with Gasteiger partial charge in [0.2, 0.25) is 7.37 Å². The molecule has 1 aromatic rings. The number of hydrogen-bond donors (Lipinski definition) is 1. The van der Waals surface area contributed by atoms with Crippen LogP contribution in [-0.2, 0) is 15.3 Å². The highest BCUT2D eigenvalue weighted by Gasteiger charge is 2.62. The average Bonchev–Trinajstić information content (AvgIpc) is 3.08. The van der Waals surface area contributed by atoms with Crippen LogP contribution in [0.3, 0.4) is 0 Å². The molecule has 2 rings (SSSR count). The van der Waals surface area contributed by atoms with Gasteiger partial charge in [0.1, 0.15) is 16.9 Å². The van der Waals surface area contributed by atoms with E-state index in [1.54, 1.807) is 13.0 Å². The van der Waals surface area contributed by atoms with Crippen LogP contribution in [0.15, 0.2) is 30.9 Å². The van der Waals surface area contributed by atoms with Crippen LogP contribution in [0.4, 0.5) is 8.78 Å². The van der Waals surface area contributed by atoms with Crippen LogP contribution >= 0.6 is 7.37 Å². The van der Waals surface area contributed by atoms with E-state index >= 15 is 0 Å². The lowest BCUT2D eigenvalue weighted by atomic mass is 10.2.